The number of amides is 1. The zero-order chi connectivity index (χ0) is 19.8. The van der Waals surface area contributed by atoms with Crippen LogP contribution < -0.4 is 5.32 Å². The number of aromatic hydroxyl groups is 1. The van der Waals surface area contributed by atoms with Crippen molar-refractivity contribution in [1.29, 1.82) is 0 Å². The van der Waals surface area contributed by atoms with Gasteiger partial charge in [-0.15, -0.1) is 0 Å². The zero-order valence-corrected chi connectivity index (χ0v) is 16.1. The summed E-state index contributed by atoms with van der Waals surface area (Å²) in [5.41, 5.74) is 1.29. The average Bonchev–Trinajstić information content (AvgIpc) is 2.73. The third-order valence-electron chi connectivity index (χ3n) is 4.13. The minimum Gasteiger partial charge on any atom is -0.506 e. The molecule has 0 aromatic heterocycles. The summed E-state index contributed by atoms with van der Waals surface area (Å²) in [5.74, 6) is 0.416. The first-order valence-electron chi connectivity index (χ1n) is 8.91. The lowest BCUT2D eigenvalue weighted by Crippen LogP contribution is -2.30. The summed E-state index contributed by atoms with van der Waals surface area (Å²) in [6.45, 7) is 0.115. The first-order chi connectivity index (χ1) is 13.6. The molecule has 0 aliphatic carbocycles. The van der Waals surface area contributed by atoms with Crippen LogP contribution in [0.15, 0.2) is 66.7 Å². The van der Waals surface area contributed by atoms with Gasteiger partial charge in [0.2, 0.25) is 0 Å². The molecule has 3 rings (SSSR count). The number of thioether (sulfide) groups is 1. The van der Waals surface area contributed by atoms with Crippen molar-refractivity contribution in [3.8, 4) is 5.75 Å². The lowest BCUT2D eigenvalue weighted by molar-refractivity contribution is -0.124. The lowest BCUT2D eigenvalue weighted by atomic mass is 10.1. The van der Waals surface area contributed by atoms with Crippen molar-refractivity contribution in [2.24, 2.45) is 0 Å². The highest BCUT2D eigenvalue weighted by atomic mass is 32.2. The summed E-state index contributed by atoms with van der Waals surface area (Å²) in [6, 6.07) is 20.5. The molecule has 0 unspecified atom stereocenters. The number of hydrogen-bond acceptors (Lipinski definition) is 5. The molecule has 5 nitrogen and oxygen atoms in total. The average molecular weight is 395 g/mol. The second-order valence-corrected chi connectivity index (χ2v) is 7.25. The molecule has 0 aliphatic rings. The number of carbonyl (C=O) groups is 2. The van der Waals surface area contributed by atoms with Crippen molar-refractivity contribution in [2.45, 2.75) is 5.75 Å². The normalized spacial score (nSPS) is 10.6. The topological polar surface area (TPSA) is 75.6 Å². The summed E-state index contributed by atoms with van der Waals surface area (Å²) in [6.07, 6.45) is 0. The maximum Gasteiger partial charge on any atom is 0.342 e. The third kappa shape index (κ3) is 5.27. The molecule has 1 amide bonds. The van der Waals surface area contributed by atoms with Gasteiger partial charge in [0.1, 0.15) is 11.3 Å². The molecule has 0 fully saturated rings. The molecular formula is C22H21NO4S. The van der Waals surface area contributed by atoms with Crippen molar-refractivity contribution < 1.29 is 19.4 Å². The van der Waals surface area contributed by atoms with Crippen LogP contribution >= 0.6 is 11.8 Å². The van der Waals surface area contributed by atoms with Gasteiger partial charge in [-0.1, -0.05) is 60.7 Å². The fourth-order valence-electron chi connectivity index (χ4n) is 2.71. The standard InChI is InChI=1S/C22H21NO4S/c24-20(23-12-13-28-15-16-6-2-1-3-7-16)14-27-22(26)19-11-10-17-8-4-5-9-18(17)21(19)25/h1-11,25H,12-15H2,(H,23,24). The maximum atomic E-state index is 12.2. The molecule has 0 spiro atoms. The summed E-state index contributed by atoms with van der Waals surface area (Å²) < 4.78 is 5.03. The summed E-state index contributed by atoms with van der Waals surface area (Å²) in [5, 5.41) is 14.4. The fourth-order valence-corrected chi connectivity index (χ4v) is 3.53. The largest absolute Gasteiger partial charge is 0.506 e. The van der Waals surface area contributed by atoms with E-state index in [-0.39, 0.29) is 23.8 Å². The molecule has 0 atom stereocenters. The van der Waals surface area contributed by atoms with Crippen LogP contribution in [0.2, 0.25) is 0 Å². The molecule has 6 heteroatoms. The van der Waals surface area contributed by atoms with E-state index in [2.05, 4.69) is 17.4 Å². The number of fused-ring (bicyclic) bond motifs is 1. The van der Waals surface area contributed by atoms with Crippen LogP contribution in [0.1, 0.15) is 15.9 Å². The minimum atomic E-state index is -0.725. The molecule has 0 radical (unpaired) electrons. The Balaban J connectivity index is 1.41. The predicted octanol–water partition coefficient (Wildman–Crippen LogP) is 3.75. The molecule has 0 saturated heterocycles. The first-order valence-corrected chi connectivity index (χ1v) is 10.1. The van der Waals surface area contributed by atoms with E-state index < -0.39 is 5.97 Å². The Hall–Kier alpha value is -2.99. The zero-order valence-electron chi connectivity index (χ0n) is 15.3. The minimum absolute atomic E-state index is 0.0462. The molecule has 0 bridgehead atoms. The molecule has 0 saturated carbocycles. The number of ether oxygens (including phenoxy) is 1. The van der Waals surface area contributed by atoms with Gasteiger partial charge in [0, 0.05) is 23.4 Å². The van der Waals surface area contributed by atoms with Gasteiger partial charge in [-0.05, 0) is 17.0 Å². The molecular weight excluding hydrogens is 374 g/mol. The van der Waals surface area contributed by atoms with E-state index in [1.165, 1.54) is 11.6 Å². The molecule has 2 N–H and O–H groups in total. The molecule has 28 heavy (non-hydrogen) atoms. The lowest BCUT2D eigenvalue weighted by Gasteiger charge is -2.09. The van der Waals surface area contributed by atoms with Crippen LogP contribution in [0, 0.1) is 0 Å². The molecule has 3 aromatic carbocycles. The Labute approximate surface area is 167 Å². The Bertz CT molecular complexity index is 959. The van der Waals surface area contributed by atoms with Gasteiger partial charge in [0.15, 0.2) is 6.61 Å². The van der Waals surface area contributed by atoms with E-state index >= 15 is 0 Å². The van der Waals surface area contributed by atoms with Crippen LogP contribution in [0.5, 0.6) is 5.75 Å². The fraction of sp³-hybridized carbons (Fsp3) is 0.182. The molecule has 3 aromatic rings. The van der Waals surface area contributed by atoms with Crippen LogP contribution in [0.4, 0.5) is 0 Å². The first kappa shape index (κ1) is 19.8. The highest BCUT2D eigenvalue weighted by Crippen LogP contribution is 2.28. The van der Waals surface area contributed by atoms with Crippen molar-refractivity contribution in [1.82, 2.24) is 5.32 Å². The quantitative estimate of drug-likeness (QED) is 0.449. The van der Waals surface area contributed by atoms with Crippen LogP contribution in [-0.2, 0) is 15.3 Å². The second kappa shape index (κ2) is 9.80. The molecule has 144 valence electrons. The predicted molar refractivity (Wildman–Crippen MR) is 112 cm³/mol. The van der Waals surface area contributed by atoms with Crippen LogP contribution in [0.25, 0.3) is 10.8 Å². The van der Waals surface area contributed by atoms with Crippen molar-refractivity contribution in [3.63, 3.8) is 0 Å². The number of phenols is 1. The molecule has 0 heterocycles. The number of carbonyl (C=O) groups excluding carboxylic acids is 2. The van der Waals surface area contributed by atoms with E-state index in [0.29, 0.717) is 11.9 Å². The van der Waals surface area contributed by atoms with E-state index in [1.54, 1.807) is 30.0 Å². The van der Waals surface area contributed by atoms with Crippen molar-refractivity contribution >= 4 is 34.4 Å². The number of esters is 1. The molecule has 0 aliphatic heterocycles. The van der Waals surface area contributed by atoms with Crippen molar-refractivity contribution in [2.75, 3.05) is 18.9 Å². The van der Waals surface area contributed by atoms with Crippen LogP contribution in [-0.4, -0.2) is 35.9 Å². The number of phenolic OH excluding ortho intramolecular Hbond substituents is 1. The number of benzene rings is 3. The number of hydrogen-bond donors (Lipinski definition) is 2. The Kier molecular flexibility index (Phi) is 6.92. The van der Waals surface area contributed by atoms with E-state index in [9.17, 15) is 14.7 Å². The van der Waals surface area contributed by atoms with Gasteiger partial charge in [-0.25, -0.2) is 4.79 Å². The summed E-state index contributed by atoms with van der Waals surface area (Å²) in [7, 11) is 0. The summed E-state index contributed by atoms with van der Waals surface area (Å²) >= 11 is 1.72. The number of nitrogens with one attached hydrogen (secondary N) is 1. The Morgan fingerprint density at radius 2 is 1.71 bits per heavy atom. The smallest absolute Gasteiger partial charge is 0.342 e. The van der Waals surface area contributed by atoms with E-state index in [0.717, 1.165) is 16.9 Å². The second-order valence-electron chi connectivity index (χ2n) is 6.15. The van der Waals surface area contributed by atoms with Crippen molar-refractivity contribution in [3.05, 3.63) is 77.9 Å². The Morgan fingerprint density at radius 3 is 2.54 bits per heavy atom. The third-order valence-corrected chi connectivity index (χ3v) is 5.17. The summed E-state index contributed by atoms with van der Waals surface area (Å²) in [4.78, 5) is 24.0. The highest BCUT2D eigenvalue weighted by molar-refractivity contribution is 7.98. The van der Waals surface area contributed by atoms with Gasteiger partial charge < -0.3 is 15.2 Å². The highest BCUT2D eigenvalue weighted by Gasteiger charge is 2.16. The van der Waals surface area contributed by atoms with Gasteiger partial charge in [0.25, 0.3) is 5.91 Å². The van der Waals surface area contributed by atoms with Gasteiger partial charge >= 0.3 is 5.97 Å². The Morgan fingerprint density at radius 1 is 0.964 bits per heavy atom. The van der Waals surface area contributed by atoms with Crippen LogP contribution in [0.3, 0.4) is 0 Å². The van der Waals surface area contributed by atoms with E-state index in [4.69, 9.17) is 4.74 Å². The van der Waals surface area contributed by atoms with E-state index in [1.807, 2.05) is 30.3 Å². The monoisotopic (exact) mass is 395 g/mol. The SMILES string of the molecule is O=C(COC(=O)c1ccc2ccccc2c1O)NCCSCc1ccccc1. The maximum absolute atomic E-state index is 12.2. The van der Waals surface area contributed by atoms with Gasteiger partial charge in [0.05, 0.1) is 0 Å². The van der Waals surface area contributed by atoms with Gasteiger partial charge in [-0.3, -0.25) is 4.79 Å². The van der Waals surface area contributed by atoms with Gasteiger partial charge in [-0.2, -0.15) is 11.8 Å². The number of rotatable bonds is 8.